The van der Waals surface area contributed by atoms with Crippen molar-refractivity contribution in [2.75, 3.05) is 5.32 Å². The lowest BCUT2D eigenvalue weighted by molar-refractivity contribution is 0.727. The summed E-state index contributed by atoms with van der Waals surface area (Å²) >= 11 is 0. The highest BCUT2D eigenvalue weighted by Gasteiger charge is 2.02. The molecule has 106 valence electrons. The minimum atomic E-state index is 0.0230. The molecule has 1 aromatic carbocycles. The highest BCUT2D eigenvalue weighted by molar-refractivity contribution is 5.81. The monoisotopic (exact) mass is 279 g/mol. The quantitative estimate of drug-likeness (QED) is 0.798. The fraction of sp³-hybridized carbons (Fsp3) is 0.176. The van der Waals surface area contributed by atoms with E-state index in [-0.39, 0.29) is 5.56 Å². The molecule has 21 heavy (non-hydrogen) atoms. The van der Waals surface area contributed by atoms with Crippen LogP contribution >= 0.6 is 0 Å². The first kappa shape index (κ1) is 13.4. The summed E-state index contributed by atoms with van der Waals surface area (Å²) in [5.41, 5.74) is 3.11. The van der Waals surface area contributed by atoms with E-state index in [4.69, 9.17) is 0 Å². The molecule has 0 spiro atoms. The molecule has 0 saturated carbocycles. The summed E-state index contributed by atoms with van der Waals surface area (Å²) < 4.78 is 1.68. The molecule has 4 heteroatoms. The lowest BCUT2D eigenvalue weighted by atomic mass is 10.1. The number of rotatable bonds is 4. The predicted octanol–water partition coefficient (Wildman–Crippen LogP) is 3.03. The van der Waals surface area contributed by atoms with Gasteiger partial charge < -0.3 is 9.88 Å². The molecule has 0 aliphatic rings. The van der Waals surface area contributed by atoms with Crippen molar-refractivity contribution in [3.63, 3.8) is 0 Å². The number of nitrogens with one attached hydrogen (secondary N) is 1. The van der Waals surface area contributed by atoms with E-state index in [0.29, 0.717) is 13.1 Å². The Bertz CT molecular complexity index is 818. The van der Waals surface area contributed by atoms with E-state index >= 15 is 0 Å². The Kier molecular flexibility index (Phi) is 3.69. The molecule has 0 amide bonds. The lowest BCUT2D eigenvalue weighted by Crippen LogP contribution is -2.17. The average Bonchev–Trinajstić information content (AvgIpc) is 2.54. The van der Waals surface area contributed by atoms with Crippen molar-refractivity contribution in [1.29, 1.82) is 0 Å². The number of nitrogens with zero attached hydrogens (tertiary/aromatic N) is 2. The molecule has 4 nitrogen and oxygen atoms in total. The Hall–Kier alpha value is -2.62. The third-order valence-electron chi connectivity index (χ3n) is 3.52. The average molecular weight is 279 g/mol. The van der Waals surface area contributed by atoms with Gasteiger partial charge in [-0.05, 0) is 24.6 Å². The van der Waals surface area contributed by atoms with E-state index in [0.717, 1.165) is 22.2 Å². The van der Waals surface area contributed by atoms with E-state index in [2.05, 4.69) is 28.5 Å². The maximum atomic E-state index is 11.6. The minimum absolute atomic E-state index is 0.0230. The van der Waals surface area contributed by atoms with Crippen LogP contribution < -0.4 is 10.9 Å². The van der Waals surface area contributed by atoms with Crippen molar-refractivity contribution in [2.24, 2.45) is 0 Å². The third-order valence-corrected chi connectivity index (χ3v) is 3.52. The largest absolute Gasteiger partial charge is 0.380 e. The van der Waals surface area contributed by atoms with Crippen LogP contribution in [0.2, 0.25) is 0 Å². The predicted molar refractivity (Wildman–Crippen MR) is 85.4 cm³/mol. The molecule has 0 fully saturated rings. The highest BCUT2D eigenvalue weighted by atomic mass is 16.1. The molecule has 0 saturated heterocycles. The first-order valence-corrected chi connectivity index (χ1v) is 7.05. The summed E-state index contributed by atoms with van der Waals surface area (Å²) in [6, 6.07) is 13.6. The van der Waals surface area contributed by atoms with Gasteiger partial charge in [-0.25, -0.2) is 0 Å². The van der Waals surface area contributed by atoms with Crippen molar-refractivity contribution in [2.45, 2.75) is 20.0 Å². The summed E-state index contributed by atoms with van der Waals surface area (Å²) in [6.07, 6.45) is 3.66. The van der Waals surface area contributed by atoms with Gasteiger partial charge in [0, 0.05) is 36.9 Å². The second kappa shape index (κ2) is 5.79. The maximum absolute atomic E-state index is 11.6. The van der Waals surface area contributed by atoms with Crippen LogP contribution in [0.3, 0.4) is 0 Å². The van der Waals surface area contributed by atoms with E-state index in [9.17, 15) is 4.79 Å². The van der Waals surface area contributed by atoms with Crippen molar-refractivity contribution < 1.29 is 0 Å². The van der Waals surface area contributed by atoms with Gasteiger partial charge in [-0.15, -0.1) is 0 Å². The van der Waals surface area contributed by atoms with Crippen LogP contribution in [0.15, 0.2) is 59.7 Å². The Morgan fingerprint density at radius 3 is 2.86 bits per heavy atom. The summed E-state index contributed by atoms with van der Waals surface area (Å²) in [7, 11) is 0. The molecule has 0 aliphatic carbocycles. The molecule has 3 aromatic rings. The van der Waals surface area contributed by atoms with Crippen molar-refractivity contribution in [3.8, 4) is 0 Å². The zero-order valence-electron chi connectivity index (χ0n) is 11.9. The van der Waals surface area contributed by atoms with Gasteiger partial charge >= 0.3 is 0 Å². The SMILES string of the molecule is CCn1cc(NCc2cccc3cccnc23)ccc1=O. The van der Waals surface area contributed by atoms with Gasteiger partial charge in [0.15, 0.2) is 0 Å². The van der Waals surface area contributed by atoms with Crippen molar-refractivity contribution in [1.82, 2.24) is 9.55 Å². The standard InChI is InChI=1S/C17H17N3O/c1-2-20-12-15(8-9-16(20)21)19-11-14-6-3-5-13-7-4-10-18-17(13)14/h3-10,12,19H,2,11H2,1H3. The number of benzene rings is 1. The molecule has 0 bridgehead atoms. The van der Waals surface area contributed by atoms with Gasteiger partial charge in [-0.2, -0.15) is 0 Å². The van der Waals surface area contributed by atoms with Crippen LogP contribution in [-0.2, 0) is 13.1 Å². The normalized spacial score (nSPS) is 10.7. The van der Waals surface area contributed by atoms with Crippen LogP contribution in [0.25, 0.3) is 10.9 Å². The summed E-state index contributed by atoms with van der Waals surface area (Å²) in [5, 5.41) is 4.49. The van der Waals surface area contributed by atoms with E-state index in [1.165, 1.54) is 0 Å². The van der Waals surface area contributed by atoms with Gasteiger partial charge in [0.25, 0.3) is 5.56 Å². The maximum Gasteiger partial charge on any atom is 0.250 e. The molecule has 2 heterocycles. The Morgan fingerprint density at radius 2 is 2.00 bits per heavy atom. The first-order valence-electron chi connectivity index (χ1n) is 7.05. The van der Waals surface area contributed by atoms with Crippen LogP contribution in [0.5, 0.6) is 0 Å². The Balaban J connectivity index is 1.85. The van der Waals surface area contributed by atoms with Gasteiger partial charge in [0.2, 0.25) is 0 Å². The number of aromatic nitrogens is 2. The summed E-state index contributed by atoms with van der Waals surface area (Å²) in [4.78, 5) is 16.0. The Labute approximate surface area is 123 Å². The van der Waals surface area contributed by atoms with Crippen LogP contribution in [0.4, 0.5) is 5.69 Å². The number of pyridine rings is 2. The molecular formula is C17H17N3O. The number of hydrogen-bond acceptors (Lipinski definition) is 3. The zero-order chi connectivity index (χ0) is 14.7. The number of fused-ring (bicyclic) bond motifs is 1. The summed E-state index contributed by atoms with van der Waals surface area (Å²) in [5.74, 6) is 0. The second-order valence-electron chi connectivity index (χ2n) is 4.89. The van der Waals surface area contributed by atoms with Crippen LogP contribution in [0, 0.1) is 0 Å². The molecule has 2 aromatic heterocycles. The summed E-state index contributed by atoms with van der Waals surface area (Å²) in [6.45, 7) is 3.31. The number of aryl methyl sites for hydroxylation is 1. The highest BCUT2D eigenvalue weighted by Crippen LogP contribution is 2.17. The van der Waals surface area contributed by atoms with Gasteiger partial charge in [-0.3, -0.25) is 9.78 Å². The molecule has 0 radical (unpaired) electrons. The molecule has 0 unspecified atom stereocenters. The fourth-order valence-corrected chi connectivity index (χ4v) is 2.39. The lowest BCUT2D eigenvalue weighted by Gasteiger charge is -2.10. The van der Waals surface area contributed by atoms with Crippen LogP contribution in [0.1, 0.15) is 12.5 Å². The third kappa shape index (κ3) is 2.79. The second-order valence-corrected chi connectivity index (χ2v) is 4.89. The van der Waals surface area contributed by atoms with Crippen molar-refractivity contribution >= 4 is 16.6 Å². The number of hydrogen-bond donors (Lipinski definition) is 1. The molecular weight excluding hydrogens is 262 g/mol. The van der Waals surface area contributed by atoms with E-state index in [1.807, 2.05) is 37.5 Å². The van der Waals surface area contributed by atoms with E-state index in [1.54, 1.807) is 10.6 Å². The molecule has 0 atom stereocenters. The van der Waals surface area contributed by atoms with Gasteiger partial charge in [0.1, 0.15) is 0 Å². The van der Waals surface area contributed by atoms with E-state index < -0.39 is 0 Å². The minimum Gasteiger partial charge on any atom is -0.380 e. The number of para-hydroxylation sites is 1. The molecule has 0 aliphatic heterocycles. The number of anilines is 1. The van der Waals surface area contributed by atoms with Gasteiger partial charge in [-0.1, -0.05) is 24.3 Å². The Morgan fingerprint density at radius 1 is 1.14 bits per heavy atom. The van der Waals surface area contributed by atoms with Crippen molar-refractivity contribution in [3.05, 3.63) is 70.8 Å². The zero-order valence-corrected chi connectivity index (χ0v) is 11.9. The first-order chi connectivity index (χ1) is 10.3. The fourth-order valence-electron chi connectivity index (χ4n) is 2.39. The molecule has 3 rings (SSSR count). The molecule has 1 N–H and O–H groups in total. The van der Waals surface area contributed by atoms with Crippen LogP contribution in [-0.4, -0.2) is 9.55 Å². The smallest absolute Gasteiger partial charge is 0.250 e. The van der Waals surface area contributed by atoms with Gasteiger partial charge in [0.05, 0.1) is 11.2 Å². The topological polar surface area (TPSA) is 46.9 Å².